The third-order valence-electron chi connectivity index (χ3n) is 0.514. The Bertz CT molecular complexity index is 225. The molecule has 0 aromatic heterocycles. The Kier molecular flexibility index (Phi) is 13.7. The summed E-state index contributed by atoms with van der Waals surface area (Å²) in [5, 5.41) is 8.01. The van der Waals surface area contributed by atoms with Crippen LogP contribution in [0.15, 0.2) is 0 Å². The molecule has 0 aliphatic carbocycles. The van der Waals surface area contributed by atoms with Crippen LogP contribution in [-0.4, -0.2) is 40.4 Å². The van der Waals surface area contributed by atoms with Crippen LogP contribution in [0.5, 0.6) is 0 Å². The minimum atomic E-state index is -4.67. The van der Waals surface area contributed by atoms with Gasteiger partial charge in [-0.05, 0) is 0 Å². The van der Waals surface area contributed by atoms with Crippen LogP contribution in [0.4, 0.5) is 0 Å². The van der Waals surface area contributed by atoms with Gasteiger partial charge in [0.15, 0.2) is 0 Å². The number of aliphatic carboxylic acids is 1. The maximum atomic E-state index is 9.76. The van der Waals surface area contributed by atoms with Crippen LogP contribution in [0.2, 0.25) is 0 Å². The van der Waals surface area contributed by atoms with E-state index < -0.39 is 22.4 Å². The summed E-state index contributed by atoms with van der Waals surface area (Å²) in [6, 6.07) is -0.816. The molecule has 0 saturated heterocycles. The number of nitrogens with two attached hydrogens (primary N) is 1. The van der Waals surface area contributed by atoms with Crippen molar-refractivity contribution in [3.63, 3.8) is 0 Å². The normalized spacial score (nSPS) is 11.7. The van der Waals surface area contributed by atoms with Gasteiger partial charge in [0.05, 0.1) is 0 Å². The summed E-state index contributed by atoms with van der Waals surface area (Å²) < 4.78 is 31.6. The summed E-state index contributed by atoms with van der Waals surface area (Å²) in [4.78, 5) is 9.76. The zero-order valence-corrected chi connectivity index (χ0v) is 10.5. The third kappa shape index (κ3) is 32.4. The first-order chi connectivity index (χ1) is 5.18. The predicted molar refractivity (Wildman–Crippen MR) is 44.8 cm³/mol. The van der Waals surface area contributed by atoms with Crippen LogP contribution in [0.1, 0.15) is 1.43 Å². The van der Waals surface area contributed by atoms with Crippen LogP contribution in [0.3, 0.4) is 0 Å². The van der Waals surface area contributed by atoms with E-state index in [1.54, 1.807) is 0 Å². The Labute approximate surface area is 104 Å². The van der Waals surface area contributed by atoms with E-state index in [0.717, 1.165) is 0 Å². The minimum absolute atomic E-state index is 0. The molecule has 0 heterocycles. The van der Waals surface area contributed by atoms with Gasteiger partial charge in [-0.15, -0.1) is 0 Å². The molecule has 0 amide bonds. The Balaban J connectivity index is -0.0000000651. The first-order valence-corrected chi connectivity index (χ1v) is 4.50. The second kappa shape index (κ2) is 9.21. The van der Waals surface area contributed by atoms with Crippen LogP contribution < -0.4 is 35.3 Å². The van der Waals surface area contributed by atoms with Gasteiger partial charge in [0.1, 0.15) is 6.04 Å². The van der Waals surface area contributed by atoms with Crippen molar-refractivity contribution in [1.29, 1.82) is 0 Å². The first-order valence-electron chi connectivity index (χ1n) is 2.47. The Hall–Kier alpha value is 0.650. The van der Waals surface area contributed by atoms with E-state index in [4.69, 9.17) is 28.4 Å². The third-order valence-corrected chi connectivity index (χ3v) is 0.907. The van der Waals surface area contributed by atoms with E-state index in [-0.39, 0.29) is 36.7 Å². The molecule has 0 aromatic rings. The fourth-order valence-electron chi connectivity index (χ4n) is 0.0781. The van der Waals surface area contributed by atoms with E-state index in [0.29, 0.717) is 0 Å². The number of carboxylic acids is 1. The fourth-order valence-corrected chi connectivity index (χ4v) is 0.234. The Morgan fingerprint density at radius 1 is 1.54 bits per heavy atom. The molecule has 0 radical (unpaired) electrons. The van der Waals surface area contributed by atoms with E-state index in [1.165, 1.54) is 0 Å². The Morgan fingerprint density at radius 2 is 1.77 bits per heavy atom. The van der Waals surface area contributed by atoms with Crippen LogP contribution in [0, 0.1) is 0 Å². The Morgan fingerprint density at radius 3 is 1.77 bits per heavy atom. The van der Waals surface area contributed by atoms with Crippen molar-refractivity contribution in [3.05, 3.63) is 0 Å². The SMILES string of the molecule is N[C@@H](CS)C(=O)O.O=S(=O)(O)O.[H-].[Na+]. The number of hydrogen-bond acceptors (Lipinski definition) is 5. The number of thiol groups is 1. The number of rotatable bonds is 2. The molecule has 0 aromatic carbocycles. The molecule has 7 nitrogen and oxygen atoms in total. The van der Waals surface area contributed by atoms with E-state index in [9.17, 15) is 4.79 Å². The predicted octanol–water partition coefficient (Wildman–Crippen LogP) is -4.21. The monoisotopic (exact) mass is 243 g/mol. The number of carboxylic acid groups (broad SMARTS) is 1. The standard InChI is InChI=1S/C3H7NO2S.Na.H2O4S.H/c4-2(1-7)3(5)6;;1-5(2,3)4;/h2,7H,1,4H2,(H,5,6);;(H2,1,2,3,4);/q;+1;;-1/t2-;;;/m0.../s1. The minimum Gasteiger partial charge on any atom is -1.00 e. The molecule has 5 N–H and O–H groups in total. The molecule has 0 aliphatic heterocycles. The van der Waals surface area contributed by atoms with Crippen molar-refractivity contribution < 1.29 is 58.4 Å². The molecular weight excluding hydrogens is 233 g/mol. The van der Waals surface area contributed by atoms with E-state index >= 15 is 0 Å². The van der Waals surface area contributed by atoms with Crippen LogP contribution in [-0.2, 0) is 15.2 Å². The van der Waals surface area contributed by atoms with Crippen molar-refractivity contribution in [2.45, 2.75) is 6.04 Å². The molecule has 0 aliphatic rings. The van der Waals surface area contributed by atoms with Gasteiger partial charge in [-0.25, -0.2) is 0 Å². The fraction of sp³-hybridized carbons (Fsp3) is 0.667. The molecule has 76 valence electrons. The number of hydrogen-bond donors (Lipinski definition) is 5. The van der Waals surface area contributed by atoms with Crippen molar-refractivity contribution >= 4 is 29.0 Å². The van der Waals surface area contributed by atoms with Crippen molar-refractivity contribution in [2.75, 3.05) is 5.75 Å². The molecular formula is C3H10NNaO6S2. The van der Waals surface area contributed by atoms with Crippen LogP contribution in [0.25, 0.3) is 0 Å². The van der Waals surface area contributed by atoms with Crippen LogP contribution >= 0.6 is 12.6 Å². The average molecular weight is 243 g/mol. The largest absolute Gasteiger partial charge is 1.00 e. The van der Waals surface area contributed by atoms with Gasteiger partial charge in [-0.2, -0.15) is 21.0 Å². The zero-order valence-electron chi connectivity index (χ0n) is 7.78. The molecule has 10 heteroatoms. The summed E-state index contributed by atoms with van der Waals surface area (Å²) >= 11 is 3.65. The molecule has 0 unspecified atom stereocenters. The van der Waals surface area contributed by atoms with E-state index in [2.05, 4.69) is 12.6 Å². The second-order valence-electron chi connectivity index (χ2n) is 1.58. The van der Waals surface area contributed by atoms with Gasteiger partial charge in [0, 0.05) is 5.75 Å². The summed E-state index contributed by atoms with van der Waals surface area (Å²) in [5.41, 5.74) is 4.94. The van der Waals surface area contributed by atoms with Crippen molar-refractivity contribution in [3.8, 4) is 0 Å². The molecule has 0 rings (SSSR count). The molecule has 13 heavy (non-hydrogen) atoms. The quantitative estimate of drug-likeness (QED) is 0.188. The zero-order chi connectivity index (χ0) is 10.4. The van der Waals surface area contributed by atoms with Gasteiger partial charge < -0.3 is 12.3 Å². The average Bonchev–Trinajstić information content (AvgIpc) is 1.82. The van der Waals surface area contributed by atoms with Gasteiger partial charge in [-0.3, -0.25) is 13.9 Å². The van der Waals surface area contributed by atoms with Gasteiger partial charge in [-0.1, -0.05) is 0 Å². The van der Waals surface area contributed by atoms with Gasteiger partial charge in [0.25, 0.3) is 0 Å². The second-order valence-corrected chi connectivity index (χ2v) is 2.84. The van der Waals surface area contributed by atoms with Gasteiger partial charge in [0.2, 0.25) is 0 Å². The summed E-state index contributed by atoms with van der Waals surface area (Å²) in [5.74, 6) is -0.815. The molecule has 1 atom stereocenters. The van der Waals surface area contributed by atoms with Crippen molar-refractivity contribution in [2.24, 2.45) is 5.73 Å². The molecule has 0 bridgehead atoms. The smallest absolute Gasteiger partial charge is 1.00 e. The molecule has 0 fully saturated rings. The first kappa shape index (κ1) is 19.3. The topological polar surface area (TPSA) is 138 Å². The molecule has 0 spiro atoms. The summed E-state index contributed by atoms with van der Waals surface area (Å²) in [6.07, 6.45) is 0. The van der Waals surface area contributed by atoms with Gasteiger partial charge >= 0.3 is 45.9 Å². The summed E-state index contributed by atoms with van der Waals surface area (Å²) in [7, 11) is -4.67. The maximum absolute atomic E-state index is 9.76. The molecule has 0 saturated carbocycles. The maximum Gasteiger partial charge on any atom is 1.00 e. The summed E-state index contributed by atoms with van der Waals surface area (Å²) in [6.45, 7) is 0. The van der Waals surface area contributed by atoms with E-state index in [1.807, 2.05) is 0 Å². The number of carbonyl (C=O) groups is 1. The van der Waals surface area contributed by atoms with Crippen molar-refractivity contribution in [1.82, 2.24) is 0 Å².